The average Bonchev–Trinajstić information content (AvgIpc) is 2.39. The quantitative estimate of drug-likeness (QED) is 0.801. The third kappa shape index (κ3) is 2.75. The van der Waals surface area contributed by atoms with Gasteiger partial charge in [0, 0.05) is 11.7 Å². The molecule has 0 aliphatic heterocycles. The molecule has 2 N–H and O–H groups in total. The fraction of sp³-hybridized carbons (Fsp3) is 0.294. The third-order valence-electron chi connectivity index (χ3n) is 4.01. The highest BCUT2D eigenvalue weighted by Gasteiger charge is 2.30. The minimum atomic E-state index is 0.128. The van der Waals surface area contributed by atoms with Gasteiger partial charge in [0.25, 0.3) is 0 Å². The Morgan fingerprint density at radius 1 is 1.10 bits per heavy atom. The van der Waals surface area contributed by atoms with Crippen molar-refractivity contribution in [2.45, 2.75) is 31.7 Å². The van der Waals surface area contributed by atoms with E-state index < -0.39 is 0 Å². The van der Waals surface area contributed by atoms with Crippen molar-refractivity contribution in [1.29, 1.82) is 0 Å². The molecule has 20 heavy (non-hydrogen) atoms. The van der Waals surface area contributed by atoms with Gasteiger partial charge in [0.15, 0.2) is 0 Å². The summed E-state index contributed by atoms with van der Waals surface area (Å²) in [7, 11) is 0. The van der Waals surface area contributed by atoms with Crippen molar-refractivity contribution in [3.05, 3.63) is 58.6 Å². The van der Waals surface area contributed by atoms with Crippen LogP contribution in [0, 0.1) is 6.92 Å². The van der Waals surface area contributed by atoms with Crippen molar-refractivity contribution in [3.63, 3.8) is 0 Å². The van der Waals surface area contributed by atoms with Gasteiger partial charge in [-0.3, -0.25) is 0 Å². The number of phenolic OH excluding ortho intramolecular Hbond substituents is 1. The minimum Gasteiger partial charge on any atom is -0.506 e. The molecule has 1 aliphatic rings. The van der Waals surface area contributed by atoms with Crippen molar-refractivity contribution in [1.82, 2.24) is 0 Å². The second-order valence-corrected chi connectivity index (χ2v) is 5.99. The number of aryl methyl sites for hydroxylation is 1. The molecule has 0 aromatic heterocycles. The van der Waals surface area contributed by atoms with Gasteiger partial charge < -0.3 is 10.4 Å². The van der Waals surface area contributed by atoms with Crippen molar-refractivity contribution >= 4 is 17.3 Å². The van der Waals surface area contributed by atoms with Crippen LogP contribution < -0.4 is 5.32 Å². The largest absolute Gasteiger partial charge is 0.506 e. The van der Waals surface area contributed by atoms with E-state index >= 15 is 0 Å². The van der Waals surface area contributed by atoms with Crippen LogP contribution in [0.15, 0.2) is 42.5 Å². The molecule has 2 aromatic rings. The molecular formula is C17H18ClNO. The van der Waals surface area contributed by atoms with Gasteiger partial charge >= 0.3 is 0 Å². The Hall–Kier alpha value is -1.67. The highest BCUT2D eigenvalue weighted by atomic mass is 35.5. The van der Waals surface area contributed by atoms with Gasteiger partial charge in [-0.25, -0.2) is 0 Å². The van der Waals surface area contributed by atoms with Crippen molar-refractivity contribution in [2.75, 3.05) is 5.32 Å². The summed E-state index contributed by atoms with van der Waals surface area (Å²) in [5.74, 6) is 0.782. The lowest BCUT2D eigenvalue weighted by molar-refractivity contribution is 0.374. The van der Waals surface area contributed by atoms with E-state index in [0.717, 1.165) is 18.5 Å². The van der Waals surface area contributed by atoms with Crippen LogP contribution in [0.25, 0.3) is 0 Å². The number of anilines is 1. The predicted octanol–water partition coefficient (Wildman–Crippen LogP) is 4.71. The Kier molecular flexibility index (Phi) is 3.58. The van der Waals surface area contributed by atoms with E-state index in [4.69, 9.17) is 11.6 Å². The number of nitrogens with one attached hydrogen (secondary N) is 1. The topological polar surface area (TPSA) is 32.3 Å². The minimum absolute atomic E-state index is 0.128. The van der Waals surface area contributed by atoms with Crippen LogP contribution >= 0.6 is 11.6 Å². The second-order valence-electron chi connectivity index (χ2n) is 5.59. The summed E-state index contributed by atoms with van der Waals surface area (Å²) in [4.78, 5) is 0. The Morgan fingerprint density at radius 2 is 1.80 bits per heavy atom. The standard InChI is InChI=1S/C17H18ClNO/c1-11-2-4-12(5-3-11)13-8-15(9-13)19-14-6-7-17(20)16(18)10-14/h2-7,10,13,15,19-20H,8-9H2,1H3. The maximum absolute atomic E-state index is 9.40. The third-order valence-corrected chi connectivity index (χ3v) is 4.31. The Balaban J connectivity index is 1.58. The highest BCUT2D eigenvalue weighted by molar-refractivity contribution is 6.32. The lowest BCUT2D eigenvalue weighted by Gasteiger charge is -2.37. The molecule has 0 spiro atoms. The van der Waals surface area contributed by atoms with Crippen LogP contribution in [0.5, 0.6) is 5.75 Å². The average molecular weight is 288 g/mol. The van der Waals surface area contributed by atoms with Crippen LogP contribution in [-0.4, -0.2) is 11.1 Å². The molecule has 3 rings (SSSR count). The van der Waals surface area contributed by atoms with E-state index in [2.05, 4.69) is 36.5 Å². The molecule has 0 atom stereocenters. The van der Waals surface area contributed by atoms with Crippen LogP contribution in [0.2, 0.25) is 5.02 Å². The summed E-state index contributed by atoms with van der Waals surface area (Å²) in [6.07, 6.45) is 2.28. The number of aromatic hydroxyl groups is 1. The summed E-state index contributed by atoms with van der Waals surface area (Å²) in [5.41, 5.74) is 3.71. The van der Waals surface area contributed by atoms with Gasteiger partial charge in [0.2, 0.25) is 0 Å². The van der Waals surface area contributed by atoms with Gasteiger partial charge in [-0.1, -0.05) is 41.4 Å². The first-order valence-electron chi connectivity index (χ1n) is 6.93. The summed E-state index contributed by atoms with van der Waals surface area (Å²) in [6, 6.07) is 14.6. The monoisotopic (exact) mass is 287 g/mol. The molecule has 0 amide bonds. The van der Waals surface area contributed by atoms with E-state index in [9.17, 15) is 5.11 Å². The molecule has 2 aromatic carbocycles. The van der Waals surface area contributed by atoms with Gasteiger partial charge in [0.05, 0.1) is 5.02 Å². The number of hydrogen-bond acceptors (Lipinski definition) is 2. The second kappa shape index (κ2) is 5.37. The van der Waals surface area contributed by atoms with E-state index in [1.54, 1.807) is 12.1 Å². The first-order chi connectivity index (χ1) is 9.61. The predicted molar refractivity (Wildman–Crippen MR) is 83.7 cm³/mol. The summed E-state index contributed by atoms with van der Waals surface area (Å²) < 4.78 is 0. The normalized spacial score (nSPS) is 21.3. The van der Waals surface area contributed by atoms with Gasteiger partial charge in [0.1, 0.15) is 5.75 Å². The maximum Gasteiger partial charge on any atom is 0.134 e. The summed E-state index contributed by atoms with van der Waals surface area (Å²) >= 11 is 5.91. The maximum atomic E-state index is 9.40. The van der Waals surface area contributed by atoms with Crippen molar-refractivity contribution in [3.8, 4) is 5.75 Å². The van der Waals surface area contributed by atoms with Crippen LogP contribution in [0.1, 0.15) is 29.9 Å². The molecule has 0 saturated heterocycles. The Bertz CT molecular complexity index is 603. The molecule has 1 aliphatic carbocycles. The van der Waals surface area contributed by atoms with Gasteiger partial charge in [-0.2, -0.15) is 0 Å². The van der Waals surface area contributed by atoms with Crippen LogP contribution in [0.3, 0.4) is 0 Å². The fourth-order valence-corrected chi connectivity index (χ4v) is 2.86. The van der Waals surface area contributed by atoms with Crippen molar-refractivity contribution < 1.29 is 5.11 Å². The first kappa shape index (κ1) is 13.3. The number of rotatable bonds is 3. The molecular weight excluding hydrogens is 270 g/mol. The summed E-state index contributed by atoms with van der Waals surface area (Å²) in [6.45, 7) is 2.11. The lowest BCUT2D eigenvalue weighted by atomic mass is 9.75. The molecule has 0 bridgehead atoms. The number of benzene rings is 2. The number of hydrogen-bond donors (Lipinski definition) is 2. The molecule has 1 saturated carbocycles. The molecule has 0 radical (unpaired) electrons. The van der Waals surface area contributed by atoms with Crippen molar-refractivity contribution in [2.24, 2.45) is 0 Å². The molecule has 1 fully saturated rings. The molecule has 2 nitrogen and oxygen atoms in total. The molecule has 0 heterocycles. The van der Waals surface area contributed by atoms with E-state index in [-0.39, 0.29) is 5.75 Å². The SMILES string of the molecule is Cc1ccc(C2CC(Nc3ccc(O)c(Cl)c3)C2)cc1. The molecule has 104 valence electrons. The fourth-order valence-electron chi connectivity index (χ4n) is 2.68. The summed E-state index contributed by atoms with van der Waals surface area (Å²) in [5, 5.41) is 13.3. The highest BCUT2D eigenvalue weighted by Crippen LogP contribution is 2.39. The van der Waals surface area contributed by atoms with E-state index in [1.165, 1.54) is 11.1 Å². The first-order valence-corrected chi connectivity index (χ1v) is 7.31. The number of halogens is 1. The molecule has 3 heteroatoms. The van der Waals surface area contributed by atoms with Crippen LogP contribution in [0.4, 0.5) is 5.69 Å². The van der Waals surface area contributed by atoms with E-state index in [0.29, 0.717) is 17.0 Å². The zero-order chi connectivity index (χ0) is 14.1. The number of phenols is 1. The Morgan fingerprint density at radius 3 is 2.45 bits per heavy atom. The lowest BCUT2D eigenvalue weighted by Crippen LogP contribution is -2.33. The van der Waals surface area contributed by atoms with Gasteiger partial charge in [-0.15, -0.1) is 0 Å². The smallest absolute Gasteiger partial charge is 0.134 e. The Labute approximate surface area is 124 Å². The van der Waals surface area contributed by atoms with Gasteiger partial charge in [-0.05, 0) is 49.4 Å². The van der Waals surface area contributed by atoms with E-state index in [1.807, 2.05) is 6.07 Å². The van der Waals surface area contributed by atoms with Crippen LogP contribution in [-0.2, 0) is 0 Å². The zero-order valence-corrected chi connectivity index (χ0v) is 12.2. The zero-order valence-electron chi connectivity index (χ0n) is 11.4. The molecule has 0 unspecified atom stereocenters.